The summed E-state index contributed by atoms with van der Waals surface area (Å²) >= 11 is 0. The molecule has 37 heavy (non-hydrogen) atoms. The van der Waals surface area contributed by atoms with E-state index in [1.54, 1.807) is 25.6 Å². The van der Waals surface area contributed by atoms with Crippen LogP contribution in [0.2, 0.25) is 0 Å². The van der Waals surface area contributed by atoms with Crippen molar-refractivity contribution in [2.45, 2.75) is 6.54 Å². The summed E-state index contributed by atoms with van der Waals surface area (Å²) in [6.45, 7) is 6.59. The molecule has 1 aliphatic heterocycles. The van der Waals surface area contributed by atoms with Gasteiger partial charge in [-0.3, -0.25) is 4.90 Å². The number of aromatic nitrogens is 6. The number of hydrogen-bond donors (Lipinski definition) is 1. The maximum Gasteiger partial charge on any atom is 0.225 e. The average molecular weight is 503 g/mol. The highest BCUT2D eigenvalue weighted by atomic mass is 16.5. The maximum atomic E-state index is 6.21. The standard InChI is InChI=1S/C25H29N9O3/c1-35-15-16-36-19-6-4-18(5-7-19)32-11-8-31(9-12-32)10-13-33-23-20(17-27-33)24-28-22(21-3-2-14-37-21)30-34(24)25(26)29-23/h2-7,14,17H,8-13,15-16H2,1H3,(H2,26,29)/i1-1. The Morgan fingerprint density at radius 1 is 0.973 bits per heavy atom. The van der Waals surface area contributed by atoms with Gasteiger partial charge in [0.2, 0.25) is 11.8 Å². The van der Waals surface area contributed by atoms with Crippen LogP contribution in [0.4, 0.5) is 11.6 Å². The second-order valence-electron chi connectivity index (χ2n) is 8.89. The van der Waals surface area contributed by atoms with Crippen LogP contribution in [0.1, 0.15) is 0 Å². The van der Waals surface area contributed by atoms with E-state index in [1.807, 2.05) is 22.9 Å². The third kappa shape index (κ3) is 4.68. The Bertz CT molecular complexity index is 1470. The van der Waals surface area contributed by atoms with Gasteiger partial charge in [0.1, 0.15) is 12.4 Å². The van der Waals surface area contributed by atoms with E-state index in [9.17, 15) is 0 Å². The van der Waals surface area contributed by atoms with Gasteiger partial charge in [0.25, 0.3) is 0 Å². The normalized spacial score (nSPS) is 14.7. The lowest BCUT2D eigenvalue weighted by Gasteiger charge is -2.36. The Balaban J connectivity index is 1.08. The van der Waals surface area contributed by atoms with E-state index in [0.717, 1.165) is 43.9 Å². The molecule has 12 heteroatoms. The number of nitrogens with zero attached hydrogens (tertiary/aromatic N) is 8. The number of rotatable bonds is 9. The van der Waals surface area contributed by atoms with Gasteiger partial charge in [-0.05, 0) is 36.4 Å². The summed E-state index contributed by atoms with van der Waals surface area (Å²) in [5, 5.41) is 9.83. The molecule has 5 aromatic rings. The predicted molar refractivity (Wildman–Crippen MR) is 139 cm³/mol. The molecule has 0 spiro atoms. The first-order chi connectivity index (χ1) is 18.2. The number of anilines is 2. The second-order valence-corrected chi connectivity index (χ2v) is 8.89. The van der Waals surface area contributed by atoms with Crippen molar-refractivity contribution in [2.24, 2.45) is 0 Å². The molecule has 1 aliphatic rings. The van der Waals surface area contributed by atoms with Crippen LogP contribution in [0.25, 0.3) is 28.3 Å². The van der Waals surface area contributed by atoms with Gasteiger partial charge < -0.3 is 24.5 Å². The van der Waals surface area contributed by atoms with Crippen molar-refractivity contribution < 1.29 is 13.9 Å². The van der Waals surface area contributed by atoms with E-state index in [2.05, 4.69) is 42.1 Å². The topological polar surface area (TPSA) is 125 Å². The molecule has 0 bridgehead atoms. The number of nitrogens with two attached hydrogens (primary N) is 1. The first kappa shape index (κ1) is 23.3. The van der Waals surface area contributed by atoms with E-state index in [-0.39, 0.29) is 5.95 Å². The largest absolute Gasteiger partial charge is 0.491 e. The number of nitrogen functional groups attached to an aromatic ring is 1. The number of hydrogen-bond acceptors (Lipinski definition) is 10. The fourth-order valence-electron chi connectivity index (χ4n) is 4.59. The summed E-state index contributed by atoms with van der Waals surface area (Å²) in [7, 11) is 1.67. The Morgan fingerprint density at radius 3 is 2.57 bits per heavy atom. The molecule has 0 radical (unpaired) electrons. The molecule has 12 nitrogen and oxygen atoms in total. The van der Waals surface area contributed by atoms with Crippen LogP contribution in [-0.2, 0) is 11.3 Å². The van der Waals surface area contributed by atoms with Crippen molar-refractivity contribution >= 4 is 28.3 Å². The highest BCUT2D eigenvalue weighted by Crippen LogP contribution is 2.24. The van der Waals surface area contributed by atoms with Gasteiger partial charge in [-0.25, -0.2) is 9.67 Å². The first-order valence-corrected chi connectivity index (χ1v) is 12.3. The first-order valence-electron chi connectivity index (χ1n) is 12.3. The van der Waals surface area contributed by atoms with E-state index in [1.165, 1.54) is 10.2 Å². The molecule has 192 valence electrons. The zero-order valence-electron chi connectivity index (χ0n) is 20.7. The van der Waals surface area contributed by atoms with Crippen LogP contribution in [0.3, 0.4) is 0 Å². The van der Waals surface area contributed by atoms with Gasteiger partial charge in [-0.15, -0.1) is 5.10 Å². The number of ether oxygens (including phenoxy) is 2. The Labute approximate surface area is 213 Å². The molecule has 0 atom stereocenters. The van der Waals surface area contributed by atoms with Gasteiger partial charge in [-0.2, -0.15) is 14.6 Å². The number of piperazine rings is 1. The van der Waals surface area contributed by atoms with Gasteiger partial charge >= 0.3 is 0 Å². The lowest BCUT2D eigenvalue weighted by Crippen LogP contribution is -2.47. The van der Waals surface area contributed by atoms with E-state index in [4.69, 9.17) is 19.6 Å². The summed E-state index contributed by atoms with van der Waals surface area (Å²) in [4.78, 5) is 14.0. The van der Waals surface area contributed by atoms with Crippen molar-refractivity contribution in [3.8, 4) is 17.3 Å². The van der Waals surface area contributed by atoms with Crippen molar-refractivity contribution in [2.75, 3.05) is 63.7 Å². The summed E-state index contributed by atoms with van der Waals surface area (Å²) < 4.78 is 19.6. The number of furan rings is 1. The monoisotopic (exact) mass is 502 g/mol. The van der Waals surface area contributed by atoms with Crippen molar-refractivity contribution in [1.29, 1.82) is 0 Å². The van der Waals surface area contributed by atoms with Crippen LogP contribution >= 0.6 is 0 Å². The lowest BCUT2D eigenvalue weighted by atomic mass is 10.2. The SMILES string of the molecule is [11CH3]OCCOc1ccc(N2CCN(CCn3ncc4c3nc(N)n3nc(-c5ccco5)nc43)CC2)cc1. The minimum absolute atomic E-state index is 0.262. The van der Waals surface area contributed by atoms with Crippen LogP contribution in [-0.4, -0.2) is 87.3 Å². The van der Waals surface area contributed by atoms with Crippen molar-refractivity contribution in [1.82, 2.24) is 34.3 Å². The van der Waals surface area contributed by atoms with E-state index >= 15 is 0 Å². The van der Waals surface area contributed by atoms with Crippen LogP contribution in [0, 0.1) is 0 Å². The quantitative estimate of drug-likeness (QED) is 0.300. The Kier molecular flexibility index (Phi) is 6.33. The molecular weight excluding hydrogens is 473 g/mol. The molecular formula is C25H29N9O3. The molecule has 0 saturated carbocycles. The molecule has 0 amide bonds. The van der Waals surface area contributed by atoms with Crippen LogP contribution in [0.5, 0.6) is 5.75 Å². The molecule has 6 rings (SSSR count). The maximum absolute atomic E-state index is 6.21. The molecule has 2 N–H and O–H groups in total. The van der Waals surface area contributed by atoms with Crippen molar-refractivity contribution in [3.63, 3.8) is 0 Å². The summed E-state index contributed by atoms with van der Waals surface area (Å²) in [6, 6.07) is 11.9. The van der Waals surface area contributed by atoms with Gasteiger partial charge in [-0.1, -0.05) is 0 Å². The van der Waals surface area contributed by atoms with Crippen LogP contribution < -0.4 is 15.4 Å². The molecule has 5 heterocycles. The minimum atomic E-state index is 0.262. The number of methoxy groups -OCH3 is 1. The van der Waals surface area contributed by atoms with Gasteiger partial charge in [0, 0.05) is 45.5 Å². The van der Waals surface area contributed by atoms with Crippen LogP contribution in [0.15, 0.2) is 53.3 Å². The smallest absolute Gasteiger partial charge is 0.225 e. The highest BCUT2D eigenvalue weighted by molar-refractivity contribution is 5.90. The molecule has 0 unspecified atom stereocenters. The number of fused-ring (bicyclic) bond motifs is 3. The zero-order chi connectivity index (χ0) is 25.2. The highest BCUT2D eigenvalue weighted by Gasteiger charge is 2.20. The molecule has 4 aromatic heterocycles. The lowest BCUT2D eigenvalue weighted by molar-refractivity contribution is 0.146. The number of benzene rings is 1. The summed E-state index contributed by atoms with van der Waals surface area (Å²) in [6.07, 6.45) is 3.37. The summed E-state index contributed by atoms with van der Waals surface area (Å²) in [5.41, 5.74) is 8.74. The van der Waals surface area contributed by atoms with E-state index < -0.39 is 0 Å². The third-order valence-electron chi connectivity index (χ3n) is 6.60. The third-order valence-corrected chi connectivity index (χ3v) is 6.60. The molecule has 0 aliphatic carbocycles. The van der Waals surface area contributed by atoms with Gasteiger partial charge in [0.15, 0.2) is 17.1 Å². The Morgan fingerprint density at radius 2 is 1.81 bits per heavy atom. The minimum Gasteiger partial charge on any atom is -0.491 e. The second kappa shape index (κ2) is 10.1. The zero-order valence-corrected chi connectivity index (χ0v) is 20.7. The Hall–Kier alpha value is -4.16. The summed E-state index contributed by atoms with van der Waals surface area (Å²) in [5.74, 6) is 2.16. The molecule has 1 fully saturated rings. The van der Waals surface area contributed by atoms with Gasteiger partial charge in [0.05, 0.1) is 31.0 Å². The predicted octanol–water partition coefficient (Wildman–Crippen LogP) is 2.16. The average Bonchev–Trinajstić information content (AvgIpc) is 3.68. The van der Waals surface area contributed by atoms with E-state index in [0.29, 0.717) is 42.6 Å². The molecule has 1 aromatic carbocycles. The van der Waals surface area contributed by atoms with Crippen molar-refractivity contribution in [3.05, 3.63) is 48.9 Å². The fourth-order valence-corrected chi connectivity index (χ4v) is 4.59. The fraction of sp³-hybridized carbons (Fsp3) is 0.360. The molecule has 1 saturated heterocycles.